The third-order valence-corrected chi connectivity index (χ3v) is 4.19. The predicted molar refractivity (Wildman–Crippen MR) is 45.4 cm³/mol. The Labute approximate surface area is 68.7 Å². The summed E-state index contributed by atoms with van der Waals surface area (Å²) in [5.74, 6) is 0. The molecule has 0 aliphatic carbocycles. The van der Waals surface area contributed by atoms with Gasteiger partial charge in [0.05, 0.1) is 17.1 Å². The standard InChI is InChI=1S/C7H16O3S/c1-6(2)11(8,9)7(3)5-10-4/h6-7H,5H2,1-4H3. The van der Waals surface area contributed by atoms with Gasteiger partial charge in [0.25, 0.3) is 0 Å². The molecule has 1 atom stereocenters. The van der Waals surface area contributed by atoms with Crippen molar-refractivity contribution in [2.24, 2.45) is 0 Å². The van der Waals surface area contributed by atoms with Crippen molar-refractivity contribution in [1.82, 2.24) is 0 Å². The molecule has 68 valence electrons. The van der Waals surface area contributed by atoms with E-state index in [4.69, 9.17) is 4.74 Å². The molecule has 3 nitrogen and oxygen atoms in total. The minimum Gasteiger partial charge on any atom is -0.383 e. The van der Waals surface area contributed by atoms with Crippen LogP contribution in [0, 0.1) is 0 Å². The van der Waals surface area contributed by atoms with Crippen LogP contribution in [0.4, 0.5) is 0 Å². The van der Waals surface area contributed by atoms with E-state index >= 15 is 0 Å². The quantitative estimate of drug-likeness (QED) is 0.644. The minimum atomic E-state index is -2.96. The molecule has 0 aliphatic rings. The van der Waals surface area contributed by atoms with Gasteiger partial charge in [0.15, 0.2) is 9.84 Å². The number of hydrogen-bond acceptors (Lipinski definition) is 3. The van der Waals surface area contributed by atoms with E-state index in [1.54, 1.807) is 20.8 Å². The Hall–Kier alpha value is -0.0900. The van der Waals surface area contributed by atoms with E-state index in [2.05, 4.69) is 0 Å². The molecule has 0 amide bonds. The molecule has 0 N–H and O–H groups in total. The fraction of sp³-hybridized carbons (Fsp3) is 1.00. The minimum absolute atomic E-state index is 0.278. The van der Waals surface area contributed by atoms with E-state index in [0.29, 0.717) is 0 Å². The Morgan fingerprint density at radius 1 is 1.27 bits per heavy atom. The summed E-state index contributed by atoms with van der Waals surface area (Å²) in [6.07, 6.45) is 0. The summed E-state index contributed by atoms with van der Waals surface area (Å²) < 4.78 is 27.4. The topological polar surface area (TPSA) is 43.4 Å². The van der Waals surface area contributed by atoms with E-state index in [1.807, 2.05) is 0 Å². The first-order valence-electron chi connectivity index (χ1n) is 3.64. The first-order valence-corrected chi connectivity index (χ1v) is 5.25. The molecular formula is C7H16O3S. The fourth-order valence-corrected chi connectivity index (χ4v) is 2.05. The van der Waals surface area contributed by atoms with Crippen molar-refractivity contribution in [3.05, 3.63) is 0 Å². The van der Waals surface area contributed by atoms with Crippen molar-refractivity contribution in [1.29, 1.82) is 0 Å². The monoisotopic (exact) mass is 180 g/mol. The second kappa shape index (κ2) is 4.07. The van der Waals surface area contributed by atoms with Crippen LogP contribution in [-0.2, 0) is 14.6 Å². The number of hydrogen-bond donors (Lipinski definition) is 0. The smallest absolute Gasteiger partial charge is 0.157 e. The Morgan fingerprint density at radius 3 is 2.00 bits per heavy atom. The Kier molecular flexibility index (Phi) is 4.03. The average molecular weight is 180 g/mol. The molecule has 0 bridgehead atoms. The Bertz CT molecular complexity index is 194. The van der Waals surface area contributed by atoms with E-state index in [-0.39, 0.29) is 11.9 Å². The van der Waals surface area contributed by atoms with Crippen molar-refractivity contribution in [2.75, 3.05) is 13.7 Å². The summed E-state index contributed by atoms with van der Waals surface area (Å²) in [4.78, 5) is 0. The van der Waals surface area contributed by atoms with Crippen LogP contribution in [0.2, 0.25) is 0 Å². The molecular weight excluding hydrogens is 164 g/mol. The van der Waals surface area contributed by atoms with Gasteiger partial charge < -0.3 is 4.74 Å². The molecule has 0 fully saturated rings. The summed E-state index contributed by atoms with van der Waals surface area (Å²) in [6.45, 7) is 5.31. The molecule has 4 heteroatoms. The maximum absolute atomic E-state index is 11.3. The van der Waals surface area contributed by atoms with Crippen LogP contribution in [-0.4, -0.2) is 32.6 Å². The predicted octanol–water partition coefficient (Wildman–Crippen LogP) is 0.845. The summed E-state index contributed by atoms with van der Waals surface area (Å²) in [6, 6.07) is 0. The van der Waals surface area contributed by atoms with Gasteiger partial charge in [-0.3, -0.25) is 0 Å². The van der Waals surface area contributed by atoms with Crippen LogP contribution in [0.1, 0.15) is 20.8 Å². The number of rotatable bonds is 4. The van der Waals surface area contributed by atoms with Crippen molar-refractivity contribution in [2.45, 2.75) is 31.3 Å². The highest BCUT2D eigenvalue weighted by atomic mass is 32.2. The SMILES string of the molecule is COCC(C)S(=O)(=O)C(C)C. The van der Waals surface area contributed by atoms with Crippen molar-refractivity contribution < 1.29 is 13.2 Å². The number of methoxy groups -OCH3 is 1. The summed E-state index contributed by atoms with van der Waals surface area (Å²) in [5, 5.41) is -0.708. The van der Waals surface area contributed by atoms with Crippen molar-refractivity contribution in [3.8, 4) is 0 Å². The van der Waals surface area contributed by atoms with Gasteiger partial charge in [-0.1, -0.05) is 0 Å². The van der Waals surface area contributed by atoms with Crippen LogP contribution in [0.15, 0.2) is 0 Å². The second-order valence-electron chi connectivity index (χ2n) is 2.90. The average Bonchev–Trinajstić information content (AvgIpc) is 1.88. The molecule has 0 aromatic heterocycles. The Morgan fingerprint density at radius 2 is 1.73 bits per heavy atom. The van der Waals surface area contributed by atoms with E-state index in [9.17, 15) is 8.42 Å². The van der Waals surface area contributed by atoms with Crippen LogP contribution in [0.3, 0.4) is 0 Å². The van der Waals surface area contributed by atoms with E-state index < -0.39 is 15.1 Å². The summed E-state index contributed by atoms with van der Waals surface area (Å²) >= 11 is 0. The normalized spacial score (nSPS) is 15.4. The second-order valence-corrected chi connectivity index (χ2v) is 5.83. The van der Waals surface area contributed by atoms with Crippen molar-refractivity contribution >= 4 is 9.84 Å². The summed E-state index contributed by atoms with van der Waals surface area (Å²) in [5.41, 5.74) is 0. The number of sulfone groups is 1. The van der Waals surface area contributed by atoms with Gasteiger partial charge in [-0.15, -0.1) is 0 Å². The molecule has 0 aromatic carbocycles. The lowest BCUT2D eigenvalue weighted by Crippen LogP contribution is -2.29. The maximum Gasteiger partial charge on any atom is 0.157 e. The molecule has 11 heavy (non-hydrogen) atoms. The lowest BCUT2D eigenvalue weighted by Gasteiger charge is -2.14. The highest BCUT2D eigenvalue weighted by Crippen LogP contribution is 2.08. The van der Waals surface area contributed by atoms with Gasteiger partial charge >= 0.3 is 0 Å². The molecule has 0 heterocycles. The largest absolute Gasteiger partial charge is 0.383 e. The molecule has 0 saturated carbocycles. The van der Waals surface area contributed by atoms with Gasteiger partial charge in [-0.25, -0.2) is 8.42 Å². The first kappa shape index (κ1) is 10.9. The maximum atomic E-state index is 11.3. The molecule has 0 spiro atoms. The van der Waals surface area contributed by atoms with E-state index in [0.717, 1.165) is 0 Å². The van der Waals surface area contributed by atoms with Crippen LogP contribution < -0.4 is 0 Å². The zero-order valence-electron chi connectivity index (χ0n) is 7.49. The van der Waals surface area contributed by atoms with Crippen LogP contribution in [0.25, 0.3) is 0 Å². The third kappa shape index (κ3) is 2.79. The molecule has 0 aliphatic heterocycles. The molecule has 1 unspecified atom stereocenters. The van der Waals surface area contributed by atoms with Crippen LogP contribution in [0.5, 0.6) is 0 Å². The van der Waals surface area contributed by atoms with Gasteiger partial charge in [-0.2, -0.15) is 0 Å². The Balaban J connectivity index is 4.32. The molecule has 0 rings (SSSR count). The zero-order chi connectivity index (χ0) is 9.07. The van der Waals surface area contributed by atoms with E-state index in [1.165, 1.54) is 7.11 Å². The third-order valence-electron chi connectivity index (χ3n) is 1.62. The fourth-order valence-electron chi connectivity index (χ4n) is 0.794. The number of ether oxygens (including phenoxy) is 1. The van der Waals surface area contributed by atoms with Gasteiger partial charge in [-0.05, 0) is 20.8 Å². The first-order chi connectivity index (χ1) is 4.92. The summed E-state index contributed by atoms with van der Waals surface area (Å²) in [7, 11) is -1.46. The lowest BCUT2D eigenvalue weighted by molar-refractivity contribution is 0.200. The van der Waals surface area contributed by atoms with Crippen LogP contribution >= 0.6 is 0 Å². The van der Waals surface area contributed by atoms with Gasteiger partial charge in [0.2, 0.25) is 0 Å². The zero-order valence-corrected chi connectivity index (χ0v) is 8.31. The lowest BCUT2D eigenvalue weighted by atomic mass is 10.5. The highest BCUT2D eigenvalue weighted by molar-refractivity contribution is 7.92. The van der Waals surface area contributed by atoms with Gasteiger partial charge in [0.1, 0.15) is 0 Å². The van der Waals surface area contributed by atoms with Gasteiger partial charge in [0, 0.05) is 7.11 Å². The van der Waals surface area contributed by atoms with Crippen molar-refractivity contribution in [3.63, 3.8) is 0 Å². The molecule has 0 saturated heterocycles. The highest BCUT2D eigenvalue weighted by Gasteiger charge is 2.23. The molecule has 0 radical (unpaired) electrons. The molecule has 0 aromatic rings.